The molecule has 11 heteroatoms. The van der Waals surface area contributed by atoms with E-state index < -0.39 is 23.4 Å². The molecule has 2 aromatic heterocycles. The molecule has 3 heterocycles. The molecule has 1 aliphatic rings. The molecule has 1 aliphatic heterocycles. The van der Waals surface area contributed by atoms with Gasteiger partial charge in [-0.3, -0.25) is 4.57 Å². The summed E-state index contributed by atoms with van der Waals surface area (Å²) >= 11 is 0. The molecule has 0 saturated heterocycles. The van der Waals surface area contributed by atoms with Crippen LogP contribution in [0.3, 0.4) is 0 Å². The fourth-order valence-corrected chi connectivity index (χ4v) is 3.80. The molecule has 5 rings (SSSR count). The van der Waals surface area contributed by atoms with E-state index in [-0.39, 0.29) is 29.5 Å². The van der Waals surface area contributed by atoms with Crippen LogP contribution in [0.1, 0.15) is 23.6 Å². The largest absolute Gasteiger partial charge is 0.490 e. The number of benzene rings is 2. The highest BCUT2D eigenvalue weighted by molar-refractivity contribution is 5.75. The van der Waals surface area contributed by atoms with Gasteiger partial charge in [0.05, 0.1) is 41.9 Å². The summed E-state index contributed by atoms with van der Waals surface area (Å²) in [5.41, 5.74) is 7.47. The number of rotatable bonds is 3. The van der Waals surface area contributed by atoms with Crippen molar-refractivity contribution in [3.63, 3.8) is 0 Å². The van der Waals surface area contributed by atoms with E-state index in [1.165, 1.54) is 10.8 Å². The summed E-state index contributed by atoms with van der Waals surface area (Å²) in [5.74, 6) is -1.56. The molecule has 1 atom stereocenters. The molecule has 0 saturated carbocycles. The highest BCUT2D eigenvalue weighted by Gasteiger charge is 2.29. The molecule has 0 radical (unpaired) electrons. The van der Waals surface area contributed by atoms with E-state index in [9.17, 15) is 13.6 Å². The number of ether oxygens (including phenoxy) is 1. The molecular weight excluding hydrogens is 420 g/mol. The minimum Gasteiger partial charge on any atom is -0.490 e. The van der Waals surface area contributed by atoms with Crippen molar-refractivity contribution >= 4 is 28.5 Å². The van der Waals surface area contributed by atoms with E-state index in [2.05, 4.69) is 20.3 Å². The van der Waals surface area contributed by atoms with Gasteiger partial charge in [-0.15, -0.1) is 0 Å². The Hall–Kier alpha value is -4.46. The van der Waals surface area contributed by atoms with Gasteiger partial charge in [0.25, 0.3) is 0 Å². The number of imidazole rings is 1. The number of hydrogen-bond donors (Lipinski definition) is 3. The maximum Gasteiger partial charge on any atom is 0.328 e. The lowest BCUT2D eigenvalue weighted by Crippen LogP contribution is -2.28. The monoisotopic (exact) mass is 435 g/mol. The third kappa shape index (κ3) is 3.18. The maximum atomic E-state index is 14.2. The third-order valence-corrected chi connectivity index (χ3v) is 5.23. The van der Waals surface area contributed by atoms with Crippen LogP contribution in [0.2, 0.25) is 0 Å². The van der Waals surface area contributed by atoms with Crippen molar-refractivity contribution in [2.45, 2.75) is 12.5 Å². The summed E-state index contributed by atoms with van der Waals surface area (Å²) in [5, 5.41) is 12.1. The standard InChI is InChI=1S/C21H15F2N7O2/c22-11-6-12-17(3-4-32-18(12)13(23)7-11)30-19-16(28-21(30)31)9-26-20(29-19)27-15-5-10(8-24)1-2-14(15)25/h1-2,5-7,9,17H,3-4,25H2,(H,28,31)(H,26,27,29)/t17-/m1/s1. The van der Waals surface area contributed by atoms with Gasteiger partial charge in [0, 0.05) is 18.1 Å². The molecular formula is C21H15F2N7O2. The number of nitrogens with one attached hydrogen (secondary N) is 2. The quantitative estimate of drug-likeness (QED) is 0.421. The lowest BCUT2D eigenvalue weighted by Gasteiger charge is -2.27. The normalized spacial score (nSPS) is 15.1. The molecule has 0 spiro atoms. The molecule has 0 amide bonds. The average Bonchev–Trinajstić information content (AvgIpc) is 3.10. The van der Waals surface area contributed by atoms with Crippen molar-refractivity contribution in [1.29, 1.82) is 5.26 Å². The van der Waals surface area contributed by atoms with Crippen LogP contribution in [0.25, 0.3) is 11.2 Å². The van der Waals surface area contributed by atoms with Crippen molar-refractivity contribution in [2.75, 3.05) is 17.7 Å². The molecule has 160 valence electrons. The van der Waals surface area contributed by atoms with Crippen LogP contribution in [-0.4, -0.2) is 26.1 Å². The first-order chi connectivity index (χ1) is 15.4. The van der Waals surface area contributed by atoms with Crippen LogP contribution < -0.4 is 21.5 Å². The topological polar surface area (TPSA) is 135 Å². The Balaban J connectivity index is 1.62. The lowest BCUT2D eigenvalue weighted by atomic mass is 10.00. The smallest absolute Gasteiger partial charge is 0.328 e. The summed E-state index contributed by atoms with van der Waals surface area (Å²) in [4.78, 5) is 24.0. The summed E-state index contributed by atoms with van der Waals surface area (Å²) in [6, 6.07) is 7.93. The number of aromatic amines is 1. The van der Waals surface area contributed by atoms with Gasteiger partial charge in [0.15, 0.2) is 17.2 Å². The Morgan fingerprint density at radius 1 is 1.31 bits per heavy atom. The molecule has 4 N–H and O–H groups in total. The number of nitrogens with zero attached hydrogens (tertiary/aromatic N) is 4. The minimum atomic E-state index is -0.831. The lowest BCUT2D eigenvalue weighted by molar-refractivity contribution is 0.242. The van der Waals surface area contributed by atoms with Crippen molar-refractivity contribution < 1.29 is 13.5 Å². The zero-order valence-corrected chi connectivity index (χ0v) is 16.4. The molecule has 2 aromatic carbocycles. The summed E-state index contributed by atoms with van der Waals surface area (Å²) in [6.45, 7) is 0.146. The predicted molar refractivity (Wildman–Crippen MR) is 112 cm³/mol. The number of hydrogen-bond acceptors (Lipinski definition) is 7. The van der Waals surface area contributed by atoms with Crippen LogP contribution in [0.15, 0.2) is 41.3 Å². The molecule has 9 nitrogen and oxygen atoms in total. The van der Waals surface area contributed by atoms with Crippen LogP contribution in [0.4, 0.5) is 26.1 Å². The zero-order chi connectivity index (χ0) is 22.4. The number of nitrogens with two attached hydrogens (primary N) is 1. The number of nitriles is 1. The van der Waals surface area contributed by atoms with E-state index in [0.717, 1.165) is 12.1 Å². The highest BCUT2D eigenvalue weighted by Crippen LogP contribution is 2.37. The van der Waals surface area contributed by atoms with Crippen molar-refractivity contribution in [3.8, 4) is 11.8 Å². The van der Waals surface area contributed by atoms with E-state index in [4.69, 9.17) is 15.7 Å². The second-order valence-corrected chi connectivity index (χ2v) is 7.23. The summed E-state index contributed by atoms with van der Waals surface area (Å²) < 4.78 is 34.9. The van der Waals surface area contributed by atoms with Gasteiger partial charge >= 0.3 is 5.69 Å². The van der Waals surface area contributed by atoms with Crippen LogP contribution >= 0.6 is 0 Å². The highest BCUT2D eigenvalue weighted by atomic mass is 19.1. The summed E-state index contributed by atoms with van der Waals surface area (Å²) in [7, 11) is 0. The van der Waals surface area contributed by atoms with Gasteiger partial charge in [-0.1, -0.05) is 0 Å². The Bertz CT molecular complexity index is 1470. The number of halogens is 2. The van der Waals surface area contributed by atoms with E-state index in [1.54, 1.807) is 18.2 Å². The molecule has 0 fully saturated rings. The molecule has 32 heavy (non-hydrogen) atoms. The zero-order valence-electron chi connectivity index (χ0n) is 16.4. The predicted octanol–water partition coefficient (Wildman–Crippen LogP) is 2.97. The van der Waals surface area contributed by atoms with Crippen LogP contribution in [0, 0.1) is 23.0 Å². The van der Waals surface area contributed by atoms with Gasteiger partial charge in [0.1, 0.15) is 11.3 Å². The Morgan fingerprint density at radius 3 is 2.97 bits per heavy atom. The van der Waals surface area contributed by atoms with Gasteiger partial charge in [-0.2, -0.15) is 10.2 Å². The van der Waals surface area contributed by atoms with Gasteiger partial charge in [-0.05, 0) is 24.3 Å². The van der Waals surface area contributed by atoms with Gasteiger partial charge in [0.2, 0.25) is 5.95 Å². The number of aromatic nitrogens is 4. The van der Waals surface area contributed by atoms with Gasteiger partial charge in [-0.25, -0.2) is 18.6 Å². The first-order valence-corrected chi connectivity index (χ1v) is 9.60. The fourth-order valence-electron chi connectivity index (χ4n) is 3.80. The SMILES string of the molecule is N#Cc1ccc(N)c(Nc2ncc3[nH]c(=O)n([C@@H]4CCOc5c(F)cc(F)cc54)c3n2)c1. The Labute approximate surface area is 179 Å². The maximum absolute atomic E-state index is 14.2. The van der Waals surface area contributed by atoms with Crippen LogP contribution in [0.5, 0.6) is 5.75 Å². The van der Waals surface area contributed by atoms with Crippen molar-refractivity contribution in [2.24, 2.45) is 0 Å². The number of nitrogen functional groups attached to an aromatic ring is 1. The minimum absolute atomic E-state index is 0.0857. The fraction of sp³-hybridized carbons (Fsp3) is 0.143. The van der Waals surface area contributed by atoms with Crippen LogP contribution in [-0.2, 0) is 0 Å². The second kappa shape index (κ2) is 7.35. The van der Waals surface area contributed by atoms with Gasteiger partial charge < -0.3 is 20.8 Å². The number of anilines is 3. The molecule has 4 aromatic rings. The third-order valence-electron chi connectivity index (χ3n) is 5.23. The molecule has 0 unspecified atom stereocenters. The average molecular weight is 435 g/mol. The Morgan fingerprint density at radius 2 is 2.16 bits per heavy atom. The number of fused-ring (bicyclic) bond motifs is 2. The molecule has 0 aliphatic carbocycles. The second-order valence-electron chi connectivity index (χ2n) is 7.23. The first-order valence-electron chi connectivity index (χ1n) is 9.60. The van der Waals surface area contributed by atoms with Crippen molar-refractivity contribution in [3.05, 3.63) is 69.8 Å². The number of H-pyrrole nitrogens is 1. The first kappa shape index (κ1) is 19.5. The van der Waals surface area contributed by atoms with E-state index >= 15 is 0 Å². The van der Waals surface area contributed by atoms with E-state index in [1.807, 2.05) is 6.07 Å². The van der Waals surface area contributed by atoms with E-state index in [0.29, 0.717) is 28.9 Å². The Kier molecular flexibility index (Phi) is 4.48. The molecule has 0 bridgehead atoms. The summed E-state index contributed by atoms with van der Waals surface area (Å²) in [6.07, 6.45) is 1.73. The van der Waals surface area contributed by atoms with Crippen molar-refractivity contribution in [1.82, 2.24) is 19.5 Å².